The molecule has 1 heterocycles. The molecule has 20 heavy (non-hydrogen) atoms. The minimum atomic E-state index is -3.77. The van der Waals surface area contributed by atoms with E-state index >= 15 is 0 Å². The fourth-order valence-corrected chi connectivity index (χ4v) is 3.85. The maximum atomic E-state index is 12.7. The summed E-state index contributed by atoms with van der Waals surface area (Å²) in [5.74, 6) is 0.188. The van der Waals surface area contributed by atoms with E-state index in [1.807, 2.05) is 0 Å². The number of anilines is 1. The Morgan fingerprint density at radius 3 is 2.95 bits per heavy atom. The molecule has 1 unspecified atom stereocenters. The van der Waals surface area contributed by atoms with E-state index in [1.54, 1.807) is 0 Å². The molecule has 8 heteroatoms. The summed E-state index contributed by atoms with van der Waals surface area (Å²) in [5.41, 5.74) is 6.05. The van der Waals surface area contributed by atoms with E-state index in [0.29, 0.717) is 12.3 Å². The molecule has 1 aromatic carbocycles. The molecule has 3 N–H and O–H groups in total. The Bertz CT molecular complexity index is 575. The largest absolute Gasteiger partial charge is 0.495 e. The molecule has 2 rings (SSSR count). The average molecular weight is 302 g/mol. The molecule has 1 saturated heterocycles. The van der Waals surface area contributed by atoms with Crippen LogP contribution in [0.4, 0.5) is 5.69 Å². The molecular weight excluding hydrogens is 284 g/mol. The molecule has 0 aromatic heterocycles. The summed E-state index contributed by atoms with van der Waals surface area (Å²) in [6.45, 7) is 0.373. The van der Waals surface area contributed by atoms with E-state index in [0.717, 1.165) is 0 Å². The second-order valence-electron chi connectivity index (χ2n) is 4.44. The topological polar surface area (TPSA) is 102 Å². The van der Waals surface area contributed by atoms with Crippen LogP contribution in [0.2, 0.25) is 0 Å². The van der Waals surface area contributed by atoms with Crippen molar-refractivity contribution in [1.82, 2.24) is 4.31 Å². The van der Waals surface area contributed by atoms with Crippen molar-refractivity contribution in [3.8, 4) is 5.75 Å². The molecular formula is C12H18N2O5S. The third-order valence-electron chi connectivity index (χ3n) is 3.16. The second kappa shape index (κ2) is 5.96. The Morgan fingerprint density at radius 1 is 1.55 bits per heavy atom. The van der Waals surface area contributed by atoms with Gasteiger partial charge in [0.2, 0.25) is 10.0 Å². The zero-order valence-corrected chi connectivity index (χ0v) is 12.0. The van der Waals surface area contributed by atoms with Crippen molar-refractivity contribution in [2.45, 2.75) is 10.9 Å². The highest BCUT2D eigenvalue weighted by Crippen LogP contribution is 2.30. The Morgan fingerprint density at radius 2 is 2.30 bits per heavy atom. The van der Waals surface area contributed by atoms with Crippen molar-refractivity contribution in [2.24, 2.45) is 0 Å². The average Bonchev–Trinajstić information content (AvgIpc) is 2.46. The van der Waals surface area contributed by atoms with Crippen LogP contribution >= 0.6 is 0 Å². The summed E-state index contributed by atoms with van der Waals surface area (Å²) in [5, 5.41) is 9.30. The van der Waals surface area contributed by atoms with E-state index in [1.165, 1.54) is 29.6 Å². The van der Waals surface area contributed by atoms with Crippen LogP contribution in [0, 0.1) is 0 Å². The first-order valence-corrected chi connectivity index (χ1v) is 7.58. The Balaban J connectivity index is 2.43. The molecule has 7 nitrogen and oxygen atoms in total. The number of nitrogens with zero attached hydrogens (tertiary/aromatic N) is 1. The van der Waals surface area contributed by atoms with E-state index in [4.69, 9.17) is 15.2 Å². The van der Waals surface area contributed by atoms with Gasteiger partial charge in [-0.15, -0.1) is 0 Å². The first-order chi connectivity index (χ1) is 9.50. The highest BCUT2D eigenvalue weighted by Gasteiger charge is 2.35. The summed E-state index contributed by atoms with van der Waals surface area (Å²) in [6, 6.07) is 3.79. The van der Waals surface area contributed by atoms with Gasteiger partial charge < -0.3 is 20.3 Å². The summed E-state index contributed by atoms with van der Waals surface area (Å²) in [7, 11) is -2.38. The molecule has 0 saturated carbocycles. The summed E-state index contributed by atoms with van der Waals surface area (Å²) >= 11 is 0. The molecule has 0 aliphatic carbocycles. The van der Waals surface area contributed by atoms with Gasteiger partial charge in [-0.05, 0) is 12.1 Å². The summed E-state index contributed by atoms with van der Waals surface area (Å²) in [4.78, 5) is 0.0366. The summed E-state index contributed by atoms with van der Waals surface area (Å²) in [6.07, 6.45) is 0. The van der Waals surface area contributed by atoms with Crippen molar-refractivity contribution >= 4 is 15.7 Å². The van der Waals surface area contributed by atoms with Crippen LogP contribution in [0.15, 0.2) is 23.1 Å². The van der Waals surface area contributed by atoms with Gasteiger partial charge in [-0.3, -0.25) is 0 Å². The van der Waals surface area contributed by atoms with Crippen LogP contribution < -0.4 is 10.5 Å². The maximum Gasteiger partial charge on any atom is 0.247 e. The first kappa shape index (κ1) is 15.0. The number of nitrogen functional groups attached to an aromatic ring is 1. The minimum Gasteiger partial charge on any atom is -0.495 e. The normalized spacial score (nSPS) is 20.8. The number of nitrogens with two attached hydrogens (primary N) is 1. The van der Waals surface area contributed by atoms with Gasteiger partial charge in [-0.2, -0.15) is 4.31 Å². The van der Waals surface area contributed by atoms with Gasteiger partial charge in [0.15, 0.2) is 0 Å². The Labute approximate surface area is 117 Å². The van der Waals surface area contributed by atoms with Crippen LogP contribution in [0.5, 0.6) is 5.75 Å². The van der Waals surface area contributed by atoms with Crippen LogP contribution in [0.3, 0.4) is 0 Å². The standard InChI is InChI=1S/C12H18N2O5S/c1-18-11-6-9(13)2-3-12(11)20(16,17)14-4-5-19-8-10(14)7-15/h2-3,6,10,15H,4-5,7-8,13H2,1H3. The van der Waals surface area contributed by atoms with Gasteiger partial charge in [0, 0.05) is 18.3 Å². The molecule has 1 aliphatic heterocycles. The fraction of sp³-hybridized carbons (Fsp3) is 0.500. The lowest BCUT2D eigenvalue weighted by Gasteiger charge is -2.33. The molecule has 0 bridgehead atoms. The van der Waals surface area contributed by atoms with Gasteiger partial charge in [-0.25, -0.2) is 8.42 Å². The van der Waals surface area contributed by atoms with E-state index in [-0.39, 0.29) is 30.4 Å². The molecule has 1 aromatic rings. The monoisotopic (exact) mass is 302 g/mol. The Kier molecular flexibility index (Phi) is 4.48. The number of sulfonamides is 1. The quantitative estimate of drug-likeness (QED) is 0.738. The van der Waals surface area contributed by atoms with E-state index in [2.05, 4.69) is 0 Å². The van der Waals surface area contributed by atoms with Gasteiger partial charge >= 0.3 is 0 Å². The van der Waals surface area contributed by atoms with Crippen LogP contribution in [0.25, 0.3) is 0 Å². The summed E-state index contributed by atoms with van der Waals surface area (Å²) < 4.78 is 36.9. The third kappa shape index (κ3) is 2.73. The highest BCUT2D eigenvalue weighted by molar-refractivity contribution is 7.89. The van der Waals surface area contributed by atoms with Crippen LogP contribution in [0.1, 0.15) is 0 Å². The van der Waals surface area contributed by atoms with Gasteiger partial charge in [0.05, 0.1) is 33.0 Å². The zero-order chi connectivity index (χ0) is 14.8. The number of methoxy groups -OCH3 is 1. The van der Waals surface area contributed by atoms with Gasteiger partial charge in [0.1, 0.15) is 10.6 Å². The predicted molar refractivity (Wildman–Crippen MR) is 73.0 cm³/mol. The second-order valence-corrected chi connectivity index (χ2v) is 6.30. The molecule has 0 radical (unpaired) electrons. The smallest absolute Gasteiger partial charge is 0.247 e. The Hall–Kier alpha value is -1.35. The van der Waals surface area contributed by atoms with Crippen molar-refractivity contribution in [3.63, 3.8) is 0 Å². The lowest BCUT2D eigenvalue weighted by molar-refractivity contribution is 0.0108. The van der Waals surface area contributed by atoms with Gasteiger partial charge in [-0.1, -0.05) is 0 Å². The molecule has 0 amide bonds. The number of aliphatic hydroxyl groups excluding tert-OH is 1. The molecule has 1 atom stereocenters. The lowest BCUT2D eigenvalue weighted by atomic mass is 10.3. The minimum absolute atomic E-state index is 0.0366. The van der Waals surface area contributed by atoms with Crippen molar-refractivity contribution < 1.29 is 23.0 Å². The molecule has 1 aliphatic rings. The number of hydrogen-bond donors (Lipinski definition) is 2. The maximum absolute atomic E-state index is 12.7. The predicted octanol–water partition coefficient (Wildman–Crippen LogP) is -0.341. The van der Waals surface area contributed by atoms with E-state index in [9.17, 15) is 13.5 Å². The first-order valence-electron chi connectivity index (χ1n) is 6.14. The SMILES string of the molecule is COc1cc(N)ccc1S(=O)(=O)N1CCOCC1CO. The zero-order valence-electron chi connectivity index (χ0n) is 11.2. The third-order valence-corrected chi connectivity index (χ3v) is 5.15. The van der Waals surface area contributed by atoms with Gasteiger partial charge in [0.25, 0.3) is 0 Å². The number of benzene rings is 1. The number of rotatable bonds is 4. The molecule has 0 spiro atoms. The number of morpholine rings is 1. The number of ether oxygens (including phenoxy) is 2. The van der Waals surface area contributed by atoms with E-state index < -0.39 is 16.1 Å². The number of aliphatic hydroxyl groups is 1. The molecule has 1 fully saturated rings. The van der Waals surface area contributed by atoms with Crippen LogP contribution in [-0.2, 0) is 14.8 Å². The van der Waals surface area contributed by atoms with Crippen molar-refractivity contribution in [3.05, 3.63) is 18.2 Å². The van der Waals surface area contributed by atoms with Crippen molar-refractivity contribution in [2.75, 3.05) is 39.2 Å². The number of hydrogen-bond acceptors (Lipinski definition) is 6. The fourth-order valence-electron chi connectivity index (χ4n) is 2.12. The van der Waals surface area contributed by atoms with Crippen LogP contribution in [-0.4, -0.2) is 57.3 Å². The highest BCUT2D eigenvalue weighted by atomic mass is 32.2. The van der Waals surface area contributed by atoms with Crippen molar-refractivity contribution in [1.29, 1.82) is 0 Å². The lowest BCUT2D eigenvalue weighted by Crippen LogP contribution is -2.50. The molecule has 112 valence electrons.